The molecule has 3 rings (SSSR count). The molecule has 1 aliphatic heterocycles. The van der Waals surface area contributed by atoms with Crippen molar-refractivity contribution in [1.82, 2.24) is 5.32 Å². The molecule has 1 saturated heterocycles. The molecule has 0 spiro atoms. The highest BCUT2D eigenvalue weighted by molar-refractivity contribution is 5.43. The van der Waals surface area contributed by atoms with Crippen LogP contribution in [0.4, 0.5) is 13.2 Å². The van der Waals surface area contributed by atoms with Gasteiger partial charge in [-0.25, -0.2) is 0 Å². The Morgan fingerprint density at radius 3 is 2.42 bits per heavy atom. The van der Waals surface area contributed by atoms with E-state index >= 15 is 0 Å². The normalized spacial score (nSPS) is 15.8. The fourth-order valence-corrected chi connectivity index (χ4v) is 3.00. The second kappa shape index (κ2) is 8.56. The van der Waals surface area contributed by atoms with Crippen molar-refractivity contribution < 1.29 is 22.6 Å². The second-order valence-electron chi connectivity index (χ2n) is 6.33. The van der Waals surface area contributed by atoms with Gasteiger partial charge in [-0.15, -0.1) is 0 Å². The van der Waals surface area contributed by atoms with Crippen LogP contribution >= 0.6 is 0 Å². The Hall–Kier alpha value is -2.05. The lowest BCUT2D eigenvalue weighted by atomic mass is 10.1. The number of para-hydroxylation sites is 1. The molecule has 6 heteroatoms. The molecule has 0 atom stereocenters. The number of benzene rings is 2. The van der Waals surface area contributed by atoms with E-state index in [4.69, 9.17) is 9.47 Å². The van der Waals surface area contributed by atoms with E-state index in [1.165, 1.54) is 6.07 Å². The number of ether oxygens (including phenoxy) is 2. The third-order valence-electron chi connectivity index (χ3n) is 4.43. The molecule has 2 aromatic rings. The number of rotatable bonds is 6. The zero-order chi connectivity index (χ0) is 18.4. The van der Waals surface area contributed by atoms with Crippen LogP contribution in [0, 0.1) is 0 Å². The van der Waals surface area contributed by atoms with Crippen molar-refractivity contribution in [2.24, 2.45) is 0 Å². The second-order valence-corrected chi connectivity index (χ2v) is 6.33. The molecule has 0 aliphatic carbocycles. The maximum Gasteiger partial charge on any atom is 0.419 e. The van der Waals surface area contributed by atoms with Crippen molar-refractivity contribution in [2.75, 3.05) is 13.2 Å². The lowest BCUT2D eigenvalue weighted by molar-refractivity contribution is -0.139. The van der Waals surface area contributed by atoms with Gasteiger partial charge in [-0.1, -0.05) is 42.5 Å². The van der Waals surface area contributed by atoms with Crippen LogP contribution in [0.2, 0.25) is 0 Å². The highest BCUT2D eigenvalue weighted by Crippen LogP contribution is 2.38. The summed E-state index contributed by atoms with van der Waals surface area (Å²) in [5.74, 6) is -0.0941. The molecule has 1 N–H and O–H groups in total. The van der Waals surface area contributed by atoms with E-state index in [9.17, 15) is 13.2 Å². The maximum atomic E-state index is 13.4. The Morgan fingerprint density at radius 2 is 1.73 bits per heavy atom. The molecule has 2 aromatic carbocycles. The van der Waals surface area contributed by atoms with E-state index in [2.05, 4.69) is 5.32 Å². The van der Waals surface area contributed by atoms with Crippen molar-refractivity contribution in [2.45, 2.75) is 38.2 Å². The summed E-state index contributed by atoms with van der Waals surface area (Å²) in [6.07, 6.45) is -2.74. The summed E-state index contributed by atoms with van der Waals surface area (Å²) in [5.41, 5.74) is 0.606. The molecule has 0 amide bonds. The van der Waals surface area contributed by atoms with Gasteiger partial charge in [0.1, 0.15) is 12.4 Å². The highest BCUT2D eigenvalue weighted by atomic mass is 19.4. The molecular weight excluding hydrogens is 343 g/mol. The molecule has 1 aliphatic rings. The zero-order valence-corrected chi connectivity index (χ0v) is 14.4. The van der Waals surface area contributed by atoms with Crippen molar-refractivity contribution in [3.8, 4) is 5.75 Å². The van der Waals surface area contributed by atoms with Gasteiger partial charge in [-0.05, 0) is 24.5 Å². The predicted octanol–water partition coefficient (Wildman–Crippen LogP) is 4.55. The predicted molar refractivity (Wildman–Crippen MR) is 92.9 cm³/mol. The van der Waals surface area contributed by atoms with Gasteiger partial charge in [-0.3, -0.25) is 0 Å². The minimum absolute atomic E-state index is 0.0941. The Bertz CT molecular complexity index is 698. The first-order valence-corrected chi connectivity index (χ1v) is 8.71. The van der Waals surface area contributed by atoms with Gasteiger partial charge in [-0.2, -0.15) is 13.2 Å². The zero-order valence-electron chi connectivity index (χ0n) is 14.4. The number of hydrogen-bond acceptors (Lipinski definition) is 3. The van der Waals surface area contributed by atoms with Crippen LogP contribution in [0.15, 0.2) is 48.5 Å². The SMILES string of the molecule is FC(F)(F)c1cccc(CNC2CCOCC2)c1OCc1ccccc1. The third kappa shape index (κ3) is 4.99. The first-order valence-electron chi connectivity index (χ1n) is 8.71. The first-order chi connectivity index (χ1) is 12.5. The standard InChI is InChI=1S/C20H22F3NO2/c21-20(22,23)18-8-4-7-16(13-24-17-9-11-25-12-10-17)19(18)26-14-15-5-2-1-3-6-15/h1-8,17,24H,9-14H2. The van der Waals surface area contributed by atoms with E-state index in [1.54, 1.807) is 6.07 Å². The summed E-state index contributed by atoms with van der Waals surface area (Å²) >= 11 is 0. The van der Waals surface area contributed by atoms with Crippen LogP contribution < -0.4 is 10.1 Å². The summed E-state index contributed by atoms with van der Waals surface area (Å²) in [4.78, 5) is 0. The lowest BCUT2D eigenvalue weighted by Gasteiger charge is -2.24. The highest BCUT2D eigenvalue weighted by Gasteiger charge is 2.35. The molecule has 0 radical (unpaired) electrons. The van der Waals surface area contributed by atoms with Crippen molar-refractivity contribution in [1.29, 1.82) is 0 Å². The Balaban J connectivity index is 1.78. The van der Waals surface area contributed by atoms with Crippen LogP contribution in [0.5, 0.6) is 5.75 Å². The molecule has 26 heavy (non-hydrogen) atoms. The topological polar surface area (TPSA) is 30.5 Å². The molecule has 0 bridgehead atoms. The van der Waals surface area contributed by atoms with Gasteiger partial charge >= 0.3 is 6.18 Å². The van der Waals surface area contributed by atoms with E-state index in [0.29, 0.717) is 25.3 Å². The van der Waals surface area contributed by atoms with Crippen molar-refractivity contribution >= 4 is 0 Å². The summed E-state index contributed by atoms with van der Waals surface area (Å²) in [5, 5.41) is 3.33. The summed E-state index contributed by atoms with van der Waals surface area (Å²) in [6.45, 7) is 1.78. The summed E-state index contributed by atoms with van der Waals surface area (Å²) < 4.78 is 51.2. The lowest BCUT2D eigenvalue weighted by Crippen LogP contribution is -2.34. The Morgan fingerprint density at radius 1 is 1.00 bits per heavy atom. The molecular formula is C20H22F3NO2. The minimum Gasteiger partial charge on any atom is -0.488 e. The van der Waals surface area contributed by atoms with E-state index in [1.807, 2.05) is 30.3 Å². The third-order valence-corrected chi connectivity index (χ3v) is 4.43. The maximum absolute atomic E-state index is 13.4. The average molecular weight is 365 g/mol. The fourth-order valence-electron chi connectivity index (χ4n) is 3.00. The van der Waals surface area contributed by atoms with E-state index in [-0.39, 0.29) is 18.4 Å². The Kier molecular flexibility index (Phi) is 6.16. The van der Waals surface area contributed by atoms with Crippen LogP contribution in [0.3, 0.4) is 0 Å². The van der Waals surface area contributed by atoms with Gasteiger partial charge in [0.15, 0.2) is 0 Å². The van der Waals surface area contributed by atoms with E-state index in [0.717, 1.165) is 24.5 Å². The van der Waals surface area contributed by atoms with Gasteiger partial charge in [0.05, 0.1) is 5.56 Å². The molecule has 1 heterocycles. The van der Waals surface area contributed by atoms with Crippen LogP contribution in [-0.4, -0.2) is 19.3 Å². The first kappa shape index (κ1) is 18.7. The fraction of sp³-hybridized carbons (Fsp3) is 0.400. The summed E-state index contributed by atoms with van der Waals surface area (Å²) in [7, 11) is 0. The van der Waals surface area contributed by atoms with Crippen LogP contribution in [-0.2, 0) is 24.1 Å². The van der Waals surface area contributed by atoms with E-state index < -0.39 is 11.7 Å². The Labute approximate surface area is 151 Å². The number of hydrogen-bond donors (Lipinski definition) is 1. The quantitative estimate of drug-likeness (QED) is 0.814. The molecule has 0 aromatic heterocycles. The molecule has 0 saturated carbocycles. The van der Waals surface area contributed by atoms with Crippen molar-refractivity contribution in [3.63, 3.8) is 0 Å². The molecule has 3 nitrogen and oxygen atoms in total. The molecule has 0 unspecified atom stereocenters. The minimum atomic E-state index is -4.46. The summed E-state index contributed by atoms with van der Waals surface area (Å²) in [6, 6.07) is 13.6. The average Bonchev–Trinajstić information content (AvgIpc) is 2.66. The van der Waals surface area contributed by atoms with Gasteiger partial charge in [0.25, 0.3) is 0 Å². The van der Waals surface area contributed by atoms with Gasteiger partial charge < -0.3 is 14.8 Å². The number of alkyl halides is 3. The van der Waals surface area contributed by atoms with Crippen molar-refractivity contribution in [3.05, 3.63) is 65.2 Å². The number of halogens is 3. The molecule has 140 valence electrons. The van der Waals surface area contributed by atoms with Gasteiger partial charge in [0.2, 0.25) is 0 Å². The smallest absolute Gasteiger partial charge is 0.419 e. The van der Waals surface area contributed by atoms with Crippen LogP contribution in [0.1, 0.15) is 29.5 Å². The monoisotopic (exact) mass is 365 g/mol. The van der Waals surface area contributed by atoms with Gasteiger partial charge in [0, 0.05) is 31.4 Å². The number of nitrogens with one attached hydrogen (secondary N) is 1. The molecule has 1 fully saturated rings. The largest absolute Gasteiger partial charge is 0.488 e. The van der Waals surface area contributed by atoms with Crippen LogP contribution in [0.25, 0.3) is 0 Å².